The first kappa shape index (κ1) is 19.4. The molecule has 1 aromatic rings. The van der Waals surface area contributed by atoms with Crippen molar-refractivity contribution in [1.82, 2.24) is 20.5 Å². The topological polar surface area (TPSA) is 171 Å². The number of hydrogen-bond donors (Lipinski definition) is 5. The number of carbonyl (C=O) groups is 3. The van der Waals surface area contributed by atoms with E-state index in [1.165, 1.54) is 0 Å². The van der Waals surface area contributed by atoms with Gasteiger partial charge in [-0.1, -0.05) is 11.8 Å². The molecule has 6 N–H and O–H groups in total. The van der Waals surface area contributed by atoms with Crippen LogP contribution in [0.3, 0.4) is 0 Å². The van der Waals surface area contributed by atoms with Crippen molar-refractivity contribution in [1.29, 1.82) is 0 Å². The highest BCUT2D eigenvalue weighted by Gasteiger charge is 2.75. The van der Waals surface area contributed by atoms with Crippen molar-refractivity contribution in [2.24, 2.45) is 23.5 Å². The normalized spacial score (nSPS) is 32.0. The molecule has 2 aliphatic carbocycles. The minimum atomic E-state index is -4.73. The number of hydrogen-bond acceptors (Lipinski definition) is 7. The fourth-order valence-electron chi connectivity index (χ4n) is 3.75. The first-order valence-electron chi connectivity index (χ1n) is 7.65. The number of H-pyrrole nitrogens is 1. The maximum atomic E-state index is 12.6. The lowest BCUT2D eigenvalue weighted by Gasteiger charge is -2.29. The smallest absolute Gasteiger partial charge is 0.451 e. The van der Waals surface area contributed by atoms with Crippen LogP contribution in [0.4, 0.5) is 13.2 Å². The summed E-state index contributed by atoms with van der Waals surface area (Å²) in [4.78, 5) is 37.0. The molecule has 27 heavy (non-hydrogen) atoms. The van der Waals surface area contributed by atoms with Crippen LogP contribution in [0.25, 0.3) is 0 Å². The molecule has 0 bridgehead atoms. The number of amides is 1. The predicted molar refractivity (Wildman–Crippen MR) is 81.3 cm³/mol. The van der Waals surface area contributed by atoms with Crippen molar-refractivity contribution in [2.75, 3.05) is 6.54 Å². The third kappa shape index (κ3) is 3.22. The number of rotatable bonds is 6. The van der Waals surface area contributed by atoms with Gasteiger partial charge in [0.1, 0.15) is 5.54 Å². The van der Waals surface area contributed by atoms with E-state index >= 15 is 0 Å². The van der Waals surface area contributed by atoms with Crippen LogP contribution in [0.15, 0.2) is 5.16 Å². The quantitative estimate of drug-likeness (QED) is 0.417. The van der Waals surface area contributed by atoms with Crippen LogP contribution < -0.4 is 11.1 Å². The highest BCUT2D eigenvalue weighted by atomic mass is 32.2. The lowest BCUT2D eigenvalue weighted by Crippen LogP contribution is -2.57. The Morgan fingerprint density at radius 3 is 2.48 bits per heavy atom. The number of nitrogens with zero attached hydrogens (tertiary/aromatic N) is 2. The second-order valence-corrected chi connectivity index (χ2v) is 7.56. The van der Waals surface area contributed by atoms with Crippen LogP contribution in [-0.2, 0) is 20.6 Å². The fourth-order valence-corrected chi connectivity index (χ4v) is 5.12. The third-order valence-electron chi connectivity index (χ3n) is 4.81. The van der Waals surface area contributed by atoms with E-state index in [9.17, 15) is 37.8 Å². The zero-order chi connectivity index (χ0) is 20.1. The summed E-state index contributed by atoms with van der Waals surface area (Å²) in [6, 6.07) is 0. The highest BCUT2D eigenvalue weighted by Crippen LogP contribution is 2.65. The Bertz CT molecular complexity index is 802. The zero-order valence-corrected chi connectivity index (χ0v) is 14.2. The van der Waals surface area contributed by atoms with E-state index in [4.69, 9.17) is 5.73 Å². The van der Waals surface area contributed by atoms with Crippen LogP contribution in [0.2, 0.25) is 0 Å². The molecule has 0 aliphatic heterocycles. The van der Waals surface area contributed by atoms with Crippen molar-refractivity contribution in [3.05, 3.63) is 5.82 Å². The predicted octanol–water partition coefficient (Wildman–Crippen LogP) is -0.467. The molecule has 0 saturated heterocycles. The van der Waals surface area contributed by atoms with Gasteiger partial charge in [-0.2, -0.15) is 13.2 Å². The van der Waals surface area contributed by atoms with Crippen LogP contribution in [0.5, 0.6) is 0 Å². The SMILES string of the molecule is NCC(=O)N[C@@]1(C(=O)O)C[C@@H](Sc2nnc(C(F)(F)F)[nH]2)[C@H]2[C@H](C(=O)O)[C@H]21. The number of fused-ring (bicyclic) bond motifs is 1. The number of alkyl halides is 3. The van der Waals surface area contributed by atoms with E-state index < -0.39 is 64.9 Å². The second-order valence-electron chi connectivity index (χ2n) is 6.33. The lowest BCUT2D eigenvalue weighted by atomic mass is 9.90. The minimum Gasteiger partial charge on any atom is -0.481 e. The first-order chi connectivity index (χ1) is 12.5. The van der Waals surface area contributed by atoms with Gasteiger partial charge in [-0.25, -0.2) is 4.79 Å². The molecule has 1 aromatic heterocycles. The molecule has 0 radical (unpaired) electrons. The van der Waals surface area contributed by atoms with Gasteiger partial charge in [0.2, 0.25) is 11.7 Å². The molecule has 3 rings (SSSR count). The van der Waals surface area contributed by atoms with Crippen molar-refractivity contribution in [3.8, 4) is 0 Å². The van der Waals surface area contributed by atoms with Crippen LogP contribution in [-0.4, -0.2) is 60.6 Å². The summed E-state index contributed by atoms with van der Waals surface area (Å²) in [5.41, 5.74) is 3.36. The number of nitrogens with one attached hydrogen (secondary N) is 2. The molecule has 10 nitrogen and oxygen atoms in total. The van der Waals surface area contributed by atoms with Gasteiger partial charge in [0, 0.05) is 11.2 Å². The van der Waals surface area contributed by atoms with Gasteiger partial charge in [-0.3, -0.25) is 9.59 Å². The Kier molecular flexibility index (Phi) is 4.58. The van der Waals surface area contributed by atoms with Crippen molar-refractivity contribution < 1.29 is 37.8 Å². The molecule has 14 heteroatoms. The number of aromatic amines is 1. The molecule has 0 aromatic carbocycles. The van der Waals surface area contributed by atoms with Gasteiger partial charge in [-0.05, 0) is 12.3 Å². The standard InChI is InChI=1S/C13H14F3N5O5S/c14-13(15,16)9-18-11(21-20-9)27-3-1-12(10(25)26,19-4(22)2-17)7-5(3)6(7)8(23)24/h3,5-7H,1-2,17H2,(H,19,22)(H,23,24)(H,25,26)(H,18,20,21)/t3-,5+,6+,7+,12+/m1/s1. The average molecular weight is 409 g/mol. The number of carboxylic acid groups (broad SMARTS) is 2. The van der Waals surface area contributed by atoms with E-state index in [2.05, 4.69) is 15.5 Å². The maximum absolute atomic E-state index is 12.6. The Balaban J connectivity index is 1.87. The summed E-state index contributed by atoms with van der Waals surface area (Å²) in [6.45, 7) is -0.487. The molecule has 2 aliphatic rings. The number of nitrogens with two attached hydrogens (primary N) is 1. The molecular weight excluding hydrogens is 395 g/mol. The van der Waals surface area contributed by atoms with E-state index in [1.54, 1.807) is 0 Å². The molecular formula is C13H14F3N5O5S. The van der Waals surface area contributed by atoms with Crippen LogP contribution in [0.1, 0.15) is 12.2 Å². The molecule has 2 fully saturated rings. The average Bonchev–Trinajstić information content (AvgIpc) is 3.00. The fraction of sp³-hybridized carbons (Fsp3) is 0.615. The Hall–Kier alpha value is -2.35. The molecule has 2 saturated carbocycles. The summed E-state index contributed by atoms with van der Waals surface area (Å²) in [7, 11) is 0. The Labute approximate surface area is 153 Å². The highest BCUT2D eigenvalue weighted by molar-refractivity contribution is 7.99. The van der Waals surface area contributed by atoms with E-state index in [1.807, 2.05) is 4.98 Å². The molecule has 1 heterocycles. The number of aliphatic carboxylic acids is 2. The Morgan fingerprint density at radius 1 is 1.33 bits per heavy atom. The van der Waals surface area contributed by atoms with Gasteiger partial charge in [-0.15, -0.1) is 10.2 Å². The molecule has 0 unspecified atom stereocenters. The van der Waals surface area contributed by atoms with Gasteiger partial charge < -0.3 is 26.2 Å². The monoisotopic (exact) mass is 409 g/mol. The maximum Gasteiger partial charge on any atom is 0.451 e. The molecule has 0 spiro atoms. The summed E-state index contributed by atoms with van der Waals surface area (Å²) in [5.74, 6) is -7.33. The van der Waals surface area contributed by atoms with Gasteiger partial charge in [0.15, 0.2) is 5.16 Å². The van der Waals surface area contributed by atoms with Crippen molar-refractivity contribution in [2.45, 2.75) is 28.5 Å². The number of thioether (sulfide) groups is 1. The van der Waals surface area contributed by atoms with Gasteiger partial charge in [0.25, 0.3) is 0 Å². The number of halogens is 3. The van der Waals surface area contributed by atoms with E-state index in [0.717, 1.165) is 11.8 Å². The summed E-state index contributed by atoms with van der Waals surface area (Å²) in [6.07, 6.45) is -4.91. The Morgan fingerprint density at radius 2 is 2.00 bits per heavy atom. The zero-order valence-electron chi connectivity index (χ0n) is 13.4. The molecule has 1 amide bonds. The molecule has 5 atom stereocenters. The van der Waals surface area contributed by atoms with Gasteiger partial charge >= 0.3 is 18.1 Å². The second kappa shape index (κ2) is 6.37. The van der Waals surface area contributed by atoms with Crippen LogP contribution in [0, 0.1) is 17.8 Å². The number of aromatic nitrogens is 3. The van der Waals surface area contributed by atoms with Crippen LogP contribution >= 0.6 is 11.8 Å². The van der Waals surface area contributed by atoms with E-state index in [0.29, 0.717) is 0 Å². The summed E-state index contributed by atoms with van der Waals surface area (Å²) < 4.78 is 37.9. The summed E-state index contributed by atoms with van der Waals surface area (Å²) in [5, 5.41) is 26.7. The van der Waals surface area contributed by atoms with Gasteiger partial charge in [0.05, 0.1) is 12.5 Å². The van der Waals surface area contributed by atoms with E-state index in [-0.39, 0.29) is 11.6 Å². The lowest BCUT2D eigenvalue weighted by molar-refractivity contribution is -0.149. The van der Waals surface area contributed by atoms with Crippen molar-refractivity contribution in [3.63, 3.8) is 0 Å². The largest absolute Gasteiger partial charge is 0.481 e. The number of carbonyl (C=O) groups excluding carboxylic acids is 1. The summed E-state index contributed by atoms with van der Waals surface area (Å²) >= 11 is 0.775. The van der Waals surface area contributed by atoms with Crippen molar-refractivity contribution >= 4 is 29.6 Å². The number of carboxylic acids is 2. The molecule has 148 valence electrons. The first-order valence-corrected chi connectivity index (χ1v) is 8.53. The third-order valence-corrected chi connectivity index (χ3v) is 6.00. The minimum absolute atomic E-state index is 0.181.